The van der Waals surface area contributed by atoms with E-state index >= 15 is 0 Å². The molecule has 0 aromatic carbocycles. The maximum Gasteiger partial charge on any atom is 0.127 e. The Bertz CT molecular complexity index is 470. The van der Waals surface area contributed by atoms with Gasteiger partial charge in [-0.25, -0.2) is 4.98 Å². The molecule has 0 saturated heterocycles. The van der Waals surface area contributed by atoms with Crippen LogP contribution in [0.2, 0.25) is 0 Å². The molecule has 1 aromatic heterocycles. The molecule has 18 heavy (non-hydrogen) atoms. The molecule has 1 atom stereocenters. The van der Waals surface area contributed by atoms with Crippen molar-refractivity contribution in [3.63, 3.8) is 0 Å². The number of nitrogens with zero attached hydrogens (tertiary/aromatic N) is 1. The number of aromatic nitrogens is 1. The van der Waals surface area contributed by atoms with E-state index in [0.29, 0.717) is 17.1 Å². The zero-order valence-corrected chi connectivity index (χ0v) is 10.6. The van der Waals surface area contributed by atoms with E-state index in [1.165, 1.54) is 6.20 Å². The Hall–Kier alpha value is -2.08. The molecule has 0 aliphatic heterocycles. The van der Waals surface area contributed by atoms with Gasteiger partial charge in [-0.3, -0.25) is 5.41 Å². The Morgan fingerprint density at radius 3 is 2.78 bits per heavy atom. The lowest BCUT2D eigenvalue weighted by atomic mass is 10.1. The van der Waals surface area contributed by atoms with Crippen molar-refractivity contribution in [3.05, 3.63) is 29.6 Å². The summed E-state index contributed by atoms with van der Waals surface area (Å²) >= 11 is 0. The molecule has 0 aliphatic rings. The second-order valence-electron chi connectivity index (χ2n) is 4.14. The molecule has 0 aliphatic carbocycles. The number of hydrogen-bond donors (Lipinski definition) is 5. The van der Waals surface area contributed by atoms with Crippen LogP contribution >= 0.6 is 0 Å². The smallest absolute Gasteiger partial charge is 0.127 e. The number of aryl methyl sites for hydroxylation is 1. The molecule has 1 aromatic rings. The van der Waals surface area contributed by atoms with Gasteiger partial charge in [-0.2, -0.15) is 0 Å². The summed E-state index contributed by atoms with van der Waals surface area (Å²) in [5.41, 5.74) is 12.8. The van der Waals surface area contributed by atoms with Crippen LogP contribution in [0.5, 0.6) is 0 Å². The molecule has 7 N–H and O–H groups in total. The van der Waals surface area contributed by atoms with Crippen molar-refractivity contribution in [1.82, 2.24) is 4.98 Å². The Kier molecular flexibility index (Phi) is 4.67. The van der Waals surface area contributed by atoms with Gasteiger partial charge in [0.1, 0.15) is 11.7 Å². The molecule has 98 valence electrons. The number of aliphatic hydroxyl groups is 1. The highest BCUT2D eigenvalue weighted by Crippen LogP contribution is 2.17. The standard InChI is InChI=1S/C12H19N5O/c1-7-3-10(9(5-13)12(14)15)17-11(4-7)16-8(2)6-18/h3-5,8,18H,6,13H2,1-2H3,(H3,14,15)(H,16,17)/b9-5-. The van der Waals surface area contributed by atoms with E-state index in [-0.39, 0.29) is 18.5 Å². The average molecular weight is 249 g/mol. The Labute approximate surface area is 106 Å². The van der Waals surface area contributed by atoms with Crippen molar-refractivity contribution in [2.75, 3.05) is 11.9 Å². The van der Waals surface area contributed by atoms with Gasteiger partial charge in [0.05, 0.1) is 17.9 Å². The molecule has 1 unspecified atom stereocenters. The largest absolute Gasteiger partial charge is 0.404 e. The highest BCUT2D eigenvalue weighted by Gasteiger charge is 2.09. The third-order valence-corrected chi connectivity index (χ3v) is 2.37. The second-order valence-corrected chi connectivity index (χ2v) is 4.14. The van der Waals surface area contributed by atoms with Gasteiger partial charge < -0.3 is 21.9 Å². The van der Waals surface area contributed by atoms with Crippen LogP contribution in [0.3, 0.4) is 0 Å². The molecule has 0 fully saturated rings. The van der Waals surface area contributed by atoms with Gasteiger partial charge in [0.15, 0.2) is 0 Å². The third-order valence-electron chi connectivity index (χ3n) is 2.37. The average Bonchev–Trinajstić information content (AvgIpc) is 2.28. The Balaban J connectivity index is 3.11. The summed E-state index contributed by atoms with van der Waals surface area (Å²) in [4.78, 5) is 4.32. The molecule has 0 amide bonds. The van der Waals surface area contributed by atoms with Gasteiger partial charge in [-0.1, -0.05) is 0 Å². The summed E-state index contributed by atoms with van der Waals surface area (Å²) in [5, 5.41) is 19.5. The molecule has 0 radical (unpaired) electrons. The van der Waals surface area contributed by atoms with E-state index in [1.54, 1.807) is 6.07 Å². The van der Waals surface area contributed by atoms with E-state index < -0.39 is 0 Å². The number of amidine groups is 1. The Morgan fingerprint density at radius 1 is 1.61 bits per heavy atom. The lowest BCUT2D eigenvalue weighted by Crippen LogP contribution is -2.21. The van der Waals surface area contributed by atoms with Crippen molar-refractivity contribution >= 4 is 17.2 Å². The quantitative estimate of drug-likeness (QED) is 0.382. The van der Waals surface area contributed by atoms with Crippen molar-refractivity contribution in [2.45, 2.75) is 19.9 Å². The minimum absolute atomic E-state index is 0.0112. The molecule has 0 spiro atoms. The molecule has 0 bridgehead atoms. The molecule has 1 heterocycles. The monoisotopic (exact) mass is 249 g/mol. The number of hydrogen-bond acceptors (Lipinski definition) is 5. The predicted molar refractivity (Wildman–Crippen MR) is 73.2 cm³/mol. The van der Waals surface area contributed by atoms with Crippen molar-refractivity contribution in [3.8, 4) is 0 Å². The van der Waals surface area contributed by atoms with Crippen LogP contribution in [0.25, 0.3) is 5.57 Å². The summed E-state index contributed by atoms with van der Waals surface area (Å²) < 4.78 is 0. The number of nitrogens with two attached hydrogens (primary N) is 2. The number of aliphatic hydroxyl groups excluding tert-OH is 1. The maximum absolute atomic E-state index is 9.00. The van der Waals surface area contributed by atoms with E-state index in [0.717, 1.165) is 5.56 Å². The Morgan fingerprint density at radius 2 is 2.28 bits per heavy atom. The normalized spacial score (nSPS) is 13.2. The van der Waals surface area contributed by atoms with E-state index in [9.17, 15) is 0 Å². The molecule has 6 nitrogen and oxygen atoms in total. The zero-order chi connectivity index (χ0) is 13.7. The topological polar surface area (TPSA) is 121 Å². The van der Waals surface area contributed by atoms with Crippen molar-refractivity contribution < 1.29 is 5.11 Å². The highest BCUT2D eigenvalue weighted by molar-refractivity contribution is 6.19. The minimum Gasteiger partial charge on any atom is -0.404 e. The first-order valence-corrected chi connectivity index (χ1v) is 5.60. The van der Waals surface area contributed by atoms with Crippen LogP contribution in [-0.2, 0) is 0 Å². The van der Waals surface area contributed by atoms with E-state index in [4.69, 9.17) is 22.0 Å². The van der Waals surface area contributed by atoms with E-state index in [2.05, 4.69) is 10.3 Å². The van der Waals surface area contributed by atoms with Gasteiger partial charge in [0, 0.05) is 12.2 Å². The number of pyridine rings is 1. The summed E-state index contributed by atoms with van der Waals surface area (Å²) in [6.07, 6.45) is 1.27. The van der Waals surface area contributed by atoms with Crippen LogP contribution in [0, 0.1) is 12.3 Å². The van der Waals surface area contributed by atoms with E-state index in [1.807, 2.05) is 19.9 Å². The molecule has 1 rings (SSSR count). The molecular weight excluding hydrogens is 230 g/mol. The van der Waals surface area contributed by atoms with Gasteiger partial charge in [0.25, 0.3) is 0 Å². The fourth-order valence-corrected chi connectivity index (χ4v) is 1.49. The van der Waals surface area contributed by atoms with Gasteiger partial charge in [-0.15, -0.1) is 0 Å². The van der Waals surface area contributed by atoms with Gasteiger partial charge in [0.2, 0.25) is 0 Å². The number of anilines is 1. The first kappa shape index (κ1) is 14.0. The number of nitrogens with one attached hydrogen (secondary N) is 2. The fourth-order valence-electron chi connectivity index (χ4n) is 1.49. The van der Waals surface area contributed by atoms with Crippen LogP contribution in [-0.4, -0.2) is 28.6 Å². The lowest BCUT2D eigenvalue weighted by Gasteiger charge is -2.14. The predicted octanol–water partition coefficient (Wildman–Crippen LogP) is 0.418. The van der Waals surface area contributed by atoms with Gasteiger partial charge >= 0.3 is 0 Å². The number of rotatable bonds is 5. The van der Waals surface area contributed by atoms with Crippen LogP contribution in [0.1, 0.15) is 18.2 Å². The highest BCUT2D eigenvalue weighted by atomic mass is 16.3. The van der Waals surface area contributed by atoms with Crippen LogP contribution in [0.4, 0.5) is 5.82 Å². The van der Waals surface area contributed by atoms with Crippen LogP contribution < -0.4 is 16.8 Å². The molecule has 6 heteroatoms. The zero-order valence-electron chi connectivity index (χ0n) is 10.6. The molecule has 0 saturated carbocycles. The van der Waals surface area contributed by atoms with Crippen molar-refractivity contribution in [1.29, 1.82) is 5.41 Å². The summed E-state index contributed by atoms with van der Waals surface area (Å²) in [6, 6.07) is 3.55. The summed E-state index contributed by atoms with van der Waals surface area (Å²) in [6.45, 7) is 3.76. The molecular formula is C12H19N5O. The summed E-state index contributed by atoms with van der Waals surface area (Å²) in [5.74, 6) is 0.490. The fraction of sp³-hybridized carbons (Fsp3) is 0.333. The van der Waals surface area contributed by atoms with Crippen molar-refractivity contribution in [2.24, 2.45) is 11.5 Å². The van der Waals surface area contributed by atoms with Gasteiger partial charge in [-0.05, 0) is 31.5 Å². The third kappa shape index (κ3) is 3.46. The first-order valence-electron chi connectivity index (χ1n) is 5.60. The van der Waals surface area contributed by atoms with Crippen LogP contribution in [0.15, 0.2) is 18.3 Å². The second kappa shape index (κ2) is 6.02. The maximum atomic E-state index is 9.00. The minimum atomic E-state index is -0.128. The first-order chi connectivity index (χ1) is 8.47. The lowest BCUT2D eigenvalue weighted by molar-refractivity contribution is 0.281. The summed E-state index contributed by atoms with van der Waals surface area (Å²) in [7, 11) is 0. The SMILES string of the molecule is Cc1cc(NC(C)CO)nc(/C(=C/N)C(=N)N)c1.